The summed E-state index contributed by atoms with van der Waals surface area (Å²) < 4.78 is 6.30. The Kier molecular flexibility index (Phi) is 6.43. The van der Waals surface area contributed by atoms with E-state index in [4.69, 9.17) is 16.3 Å². The zero-order valence-corrected chi connectivity index (χ0v) is 11.2. The largest absolute Gasteiger partial charge is 0.466 e. The lowest BCUT2D eigenvalue weighted by Crippen LogP contribution is -2.21. The summed E-state index contributed by atoms with van der Waals surface area (Å²) >= 11 is 5.75. The number of carbonyl (C=O) groups is 1. The minimum Gasteiger partial charge on any atom is -0.466 e. The second kappa shape index (κ2) is 7.87. The van der Waals surface area contributed by atoms with Crippen molar-refractivity contribution in [2.45, 2.75) is 39.2 Å². The summed E-state index contributed by atoms with van der Waals surface area (Å²) in [6.45, 7) is 2.77. The molecule has 0 saturated carbocycles. The summed E-state index contributed by atoms with van der Waals surface area (Å²) in [5.74, 6) is -0.168. The maximum absolute atomic E-state index is 11.3. The summed E-state index contributed by atoms with van der Waals surface area (Å²) in [7, 11) is 0. The molecule has 0 unspecified atom stereocenters. The molecule has 1 rings (SSSR count). The minimum absolute atomic E-state index is 0.168. The smallest absolute Gasteiger partial charge is 0.347 e. The van der Waals surface area contributed by atoms with Crippen LogP contribution in [0.25, 0.3) is 0 Å². The molecule has 0 radical (unpaired) electrons. The Morgan fingerprint density at radius 1 is 1.44 bits per heavy atom. The van der Waals surface area contributed by atoms with E-state index < -0.39 is 0 Å². The first-order chi connectivity index (χ1) is 8.63. The van der Waals surface area contributed by atoms with E-state index in [0.29, 0.717) is 24.6 Å². The molecule has 0 fully saturated rings. The zero-order chi connectivity index (χ0) is 13.4. The maximum Gasteiger partial charge on any atom is 0.347 e. The van der Waals surface area contributed by atoms with Crippen LogP contribution in [0, 0.1) is 0 Å². The van der Waals surface area contributed by atoms with Gasteiger partial charge in [-0.15, -0.1) is 0 Å². The van der Waals surface area contributed by atoms with Crippen molar-refractivity contribution in [2.24, 2.45) is 0 Å². The van der Waals surface area contributed by atoms with Gasteiger partial charge in [-0.25, -0.2) is 9.78 Å². The van der Waals surface area contributed by atoms with E-state index in [1.54, 1.807) is 13.1 Å². The van der Waals surface area contributed by atoms with E-state index in [9.17, 15) is 9.59 Å². The summed E-state index contributed by atoms with van der Waals surface area (Å²) in [6.07, 6.45) is 5.76. The third kappa shape index (κ3) is 5.31. The standard InChI is InChI=1S/C12H17ClN2O3/c1-2-18-11(16)6-4-3-5-7-15-9-10(13)8-14-12(15)17/h8-9H,2-7H2,1H3. The Hall–Kier alpha value is -1.36. The van der Waals surface area contributed by atoms with Gasteiger partial charge in [0.25, 0.3) is 0 Å². The molecule has 5 nitrogen and oxygen atoms in total. The third-order valence-corrected chi connectivity index (χ3v) is 2.60. The van der Waals surface area contributed by atoms with Crippen LogP contribution in [-0.4, -0.2) is 22.1 Å². The minimum atomic E-state index is -0.301. The molecule has 0 atom stereocenters. The fourth-order valence-electron chi connectivity index (χ4n) is 1.55. The summed E-state index contributed by atoms with van der Waals surface area (Å²) in [4.78, 5) is 26.0. The molecule has 0 aliphatic carbocycles. The van der Waals surface area contributed by atoms with E-state index in [0.717, 1.165) is 19.3 Å². The Morgan fingerprint density at radius 2 is 2.22 bits per heavy atom. The van der Waals surface area contributed by atoms with E-state index in [1.807, 2.05) is 0 Å². The van der Waals surface area contributed by atoms with Crippen molar-refractivity contribution in [3.05, 3.63) is 27.9 Å². The molecule has 1 aromatic rings. The zero-order valence-electron chi connectivity index (χ0n) is 10.4. The topological polar surface area (TPSA) is 61.2 Å². The molecule has 1 aromatic heterocycles. The van der Waals surface area contributed by atoms with Crippen molar-refractivity contribution in [3.63, 3.8) is 0 Å². The van der Waals surface area contributed by atoms with Crippen molar-refractivity contribution in [1.82, 2.24) is 9.55 Å². The van der Waals surface area contributed by atoms with Crippen molar-refractivity contribution < 1.29 is 9.53 Å². The van der Waals surface area contributed by atoms with Gasteiger partial charge in [0.1, 0.15) is 0 Å². The van der Waals surface area contributed by atoms with Crippen LogP contribution in [0.5, 0.6) is 0 Å². The number of carbonyl (C=O) groups excluding carboxylic acids is 1. The Morgan fingerprint density at radius 3 is 2.94 bits per heavy atom. The van der Waals surface area contributed by atoms with Gasteiger partial charge in [-0.3, -0.25) is 9.36 Å². The Labute approximate surface area is 111 Å². The van der Waals surface area contributed by atoms with Crippen LogP contribution >= 0.6 is 11.6 Å². The molecule has 0 N–H and O–H groups in total. The van der Waals surface area contributed by atoms with E-state index in [-0.39, 0.29) is 11.7 Å². The molecule has 0 amide bonds. The van der Waals surface area contributed by atoms with E-state index in [1.165, 1.54) is 10.8 Å². The molecule has 0 saturated heterocycles. The van der Waals surface area contributed by atoms with Crippen LogP contribution in [0.15, 0.2) is 17.2 Å². The monoisotopic (exact) mass is 272 g/mol. The number of rotatable bonds is 7. The first-order valence-electron chi connectivity index (χ1n) is 6.01. The molecule has 0 bridgehead atoms. The number of nitrogens with zero attached hydrogens (tertiary/aromatic N) is 2. The van der Waals surface area contributed by atoms with Gasteiger partial charge in [0.05, 0.1) is 17.8 Å². The van der Waals surface area contributed by atoms with Crippen molar-refractivity contribution >= 4 is 17.6 Å². The number of esters is 1. The molecule has 0 aliphatic rings. The summed E-state index contributed by atoms with van der Waals surface area (Å²) in [5.41, 5.74) is -0.301. The second-order valence-electron chi connectivity index (χ2n) is 3.86. The van der Waals surface area contributed by atoms with Gasteiger partial charge in [0, 0.05) is 19.2 Å². The first-order valence-corrected chi connectivity index (χ1v) is 6.39. The Balaban J connectivity index is 2.24. The van der Waals surface area contributed by atoms with Gasteiger partial charge in [-0.05, 0) is 19.8 Å². The fourth-order valence-corrected chi connectivity index (χ4v) is 1.72. The van der Waals surface area contributed by atoms with Crippen molar-refractivity contribution in [3.8, 4) is 0 Å². The molecule has 0 spiro atoms. The molecule has 6 heteroatoms. The van der Waals surface area contributed by atoms with Gasteiger partial charge < -0.3 is 4.74 Å². The van der Waals surface area contributed by atoms with Gasteiger partial charge in [-0.2, -0.15) is 0 Å². The van der Waals surface area contributed by atoms with E-state index in [2.05, 4.69) is 4.98 Å². The van der Waals surface area contributed by atoms with Crippen LogP contribution in [0.1, 0.15) is 32.6 Å². The molecular formula is C12H17ClN2O3. The molecule has 0 aromatic carbocycles. The number of hydrogen-bond donors (Lipinski definition) is 0. The highest BCUT2D eigenvalue weighted by atomic mass is 35.5. The van der Waals surface area contributed by atoms with Crippen LogP contribution in [0.3, 0.4) is 0 Å². The lowest BCUT2D eigenvalue weighted by atomic mass is 10.2. The lowest BCUT2D eigenvalue weighted by molar-refractivity contribution is -0.143. The Bertz CT molecular complexity index is 445. The van der Waals surface area contributed by atoms with Gasteiger partial charge in [-0.1, -0.05) is 18.0 Å². The second-order valence-corrected chi connectivity index (χ2v) is 4.30. The fraction of sp³-hybridized carbons (Fsp3) is 0.583. The van der Waals surface area contributed by atoms with Gasteiger partial charge >= 0.3 is 11.7 Å². The number of aryl methyl sites for hydroxylation is 1. The number of hydrogen-bond acceptors (Lipinski definition) is 4. The first kappa shape index (κ1) is 14.7. The number of ether oxygens (including phenoxy) is 1. The SMILES string of the molecule is CCOC(=O)CCCCCn1cc(Cl)cnc1=O. The third-order valence-electron chi connectivity index (χ3n) is 2.41. The van der Waals surface area contributed by atoms with E-state index >= 15 is 0 Å². The summed E-state index contributed by atoms with van der Waals surface area (Å²) in [6, 6.07) is 0. The van der Waals surface area contributed by atoms with Crippen molar-refractivity contribution in [2.75, 3.05) is 6.61 Å². The molecule has 18 heavy (non-hydrogen) atoms. The van der Waals surface area contributed by atoms with Crippen LogP contribution in [0.2, 0.25) is 5.02 Å². The lowest BCUT2D eigenvalue weighted by Gasteiger charge is -2.05. The number of unbranched alkanes of at least 4 members (excludes halogenated alkanes) is 2. The average molecular weight is 273 g/mol. The predicted molar refractivity (Wildman–Crippen MR) is 68.6 cm³/mol. The highest BCUT2D eigenvalue weighted by Gasteiger charge is 2.02. The quantitative estimate of drug-likeness (QED) is 0.563. The molecule has 100 valence electrons. The maximum atomic E-state index is 11.3. The summed E-state index contributed by atoms with van der Waals surface area (Å²) in [5, 5.41) is 0.445. The average Bonchev–Trinajstić information content (AvgIpc) is 2.33. The van der Waals surface area contributed by atoms with Crippen LogP contribution in [0.4, 0.5) is 0 Å². The normalized spacial score (nSPS) is 10.3. The number of halogens is 1. The van der Waals surface area contributed by atoms with Crippen LogP contribution in [-0.2, 0) is 16.1 Å². The van der Waals surface area contributed by atoms with Crippen LogP contribution < -0.4 is 5.69 Å². The van der Waals surface area contributed by atoms with Gasteiger partial charge in [0.15, 0.2) is 0 Å². The highest BCUT2D eigenvalue weighted by Crippen LogP contribution is 2.05. The molecule has 1 heterocycles. The predicted octanol–water partition coefficient (Wildman–Crippen LogP) is 2.02. The van der Waals surface area contributed by atoms with Gasteiger partial charge in [0.2, 0.25) is 0 Å². The highest BCUT2D eigenvalue weighted by molar-refractivity contribution is 6.30. The molecular weight excluding hydrogens is 256 g/mol. The molecule has 0 aliphatic heterocycles. The van der Waals surface area contributed by atoms with Crippen molar-refractivity contribution in [1.29, 1.82) is 0 Å². The number of aromatic nitrogens is 2.